The smallest absolute Gasteiger partial charge is 0.306 e. The van der Waals surface area contributed by atoms with Crippen molar-refractivity contribution in [1.82, 2.24) is 0 Å². The van der Waals surface area contributed by atoms with Crippen LogP contribution in [0.25, 0.3) is 0 Å². The van der Waals surface area contributed by atoms with E-state index < -0.39 is 6.10 Å². The van der Waals surface area contributed by atoms with Crippen molar-refractivity contribution >= 4 is 17.9 Å². The molecule has 0 spiro atoms. The van der Waals surface area contributed by atoms with Gasteiger partial charge in [-0.1, -0.05) is 361 Å². The average molecular weight is 1050 g/mol. The van der Waals surface area contributed by atoms with Gasteiger partial charge >= 0.3 is 17.9 Å². The normalized spacial score (nSPS) is 11.9. The molecule has 0 heterocycles. The fraction of sp³-hybridized carbons (Fsp3) is 0.956. The second-order valence-corrected chi connectivity index (χ2v) is 23.5. The van der Waals surface area contributed by atoms with Crippen LogP contribution in [0.4, 0.5) is 0 Å². The van der Waals surface area contributed by atoms with Gasteiger partial charge in [-0.15, -0.1) is 0 Å². The maximum Gasteiger partial charge on any atom is 0.306 e. The van der Waals surface area contributed by atoms with Crippen LogP contribution in [0.2, 0.25) is 0 Å². The molecule has 440 valence electrons. The summed E-state index contributed by atoms with van der Waals surface area (Å²) in [5.74, 6) is -0.837. The highest BCUT2D eigenvalue weighted by molar-refractivity contribution is 5.71. The van der Waals surface area contributed by atoms with E-state index in [-0.39, 0.29) is 31.1 Å². The van der Waals surface area contributed by atoms with Crippen LogP contribution in [0.1, 0.15) is 400 Å². The predicted molar refractivity (Wildman–Crippen MR) is 321 cm³/mol. The van der Waals surface area contributed by atoms with Gasteiger partial charge in [0.25, 0.3) is 0 Å². The Morgan fingerprint density at radius 3 is 0.541 bits per heavy atom. The molecule has 0 N–H and O–H groups in total. The molecule has 0 fully saturated rings. The molecule has 74 heavy (non-hydrogen) atoms. The van der Waals surface area contributed by atoms with Crippen LogP contribution in [0, 0.1) is 0 Å². The van der Waals surface area contributed by atoms with Crippen LogP contribution in [-0.2, 0) is 28.6 Å². The number of hydrogen-bond donors (Lipinski definition) is 0. The van der Waals surface area contributed by atoms with E-state index in [0.29, 0.717) is 19.3 Å². The van der Waals surface area contributed by atoms with Crippen molar-refractivity contribution in [2.45, 2.75) is 406 Å². The Morgan fingerprint density at radius 2 is 0.365 bits per heavy atom. The van der Waals surface area contributed by atoms with Crippen molar-refractivity contribution in [3.63, 3.8) is 0 Å². The molecular weight excluding hydrogens is 913 g/mol. The van der Waals surface area contributed by atoms with Crippen LogP contribution in [-0.4, -0.2) is 37.2 Å². The van der Waals surface area contributed by atoms with Crippen molar-refractivity contribution in [2.75, 3.05) is 13.2 Å². The summed E-state index contributed by atoms with van der Waals surface area (Å²) in [6, 6.07) is 0. The first kappa shape index (κ1) is 72.4. The SMILES string of the molecule is CCCCCCCCCCCCCCCCCCCCCCCCCCCCCCCCCCC(=O)OCC(COC(=O)CCCCCCCCC)OC(=O)CCCCCCCCCCCCCCCCCCC. The van der Waals surface area contributed by atoms with Gasteiger partial charge < -0.3 is 14.2 Å². The first-order valence-corrected chi connectivity index (χ1v) is 34.0. The van der Waals surface area contributed by atoms with Crippen LogP contribution in [0.3, 0.4) is 0 Å². The molecule has 0 aromatic carbocycles. The summed E-state index contributed by atoms with van der Waals surface area (Å²) >= 11 is 0. The molecule has 1 atom stereocenters. The molecule has 0 amide bonds. The van der Waals surface area contributed by atoms with Gasteiger partial charge in [0.1, 0.15) is 13.2 Å². The lowest BCUT2D eigenvalue weighted by atomic mass is 10.0. The summed E-state index contributed by atoms with van der Waals surface area (Å²) in [7, 11) is 0. The standard InChI is InChI=1S/C68H132O6/c1-4-7-10-13-16-18-20-22-24-26-27-28-29-30-31-32-33-34-35-36-37-38-39-40-42-43-45-47-49-52-55-58-61-67(70)73-64-65(63-72-66(69)60-57-54-51-15-12-9-6-3)74-68(71)62-59-56-53-50-48-46-44-41-25-23-21-19-17-14-11-8-5-2/h65H,4-64H2,1-3H3. The predicted octanol–water partition coefficient (Wildman–Crippen LogP) is 23.1. The third-order valence-electron chi connectivity index (χ3n) is 15.9. The third-order valence-corrected chi connectivity index (χ3v) is 15.9. The fourth-order valence-electron chi connectivity index (χ4n) is 10.7. The molecule has 0 saturated heterocycles. The molecule has 0 bridgehead atoms. The molecule has 0 saturated carbocycles. The minimum absolute atomic E-state index is 0.0615. The Hall–Kier alpha value is -1.59. The topological polar surface area (TPSA) is 78.9 Å². The molecule has 6 heteroatoms. The Bertz CT molecular complexity index is 1110. The van der Waals surface area contributed by atoms with Crippen molar-refractivity contribution in [3.8, 4) is 0 Å². The second kappa shape index (κ2) is 63.9. The molecule has 0 rings (SSSR count). The highest BCUT2D eigenvalue weighted by atomic mass is 16.6. The first-order valence-electron chi connectivity index (χ1n) is 34.0. The lowest BCUT2D eigenvalue weighted by molar-refractivity contribution is -0.167. The monoisotopic (exact) mass is 1050 g/mol. The van der Waals surface area contributed by atoms with Crippen LogP contribution < -0.4 is 0 Å². The first-order chi connectivity index (χ1) is 36.5. The van der Waals surface area contributed by atoms with Gasteiger partial charge in [-0.2, -0.15) is 0 Å². The highest BCUT2D eigenvalue weighted by Gasteiger charge is 2.19. The maximum absolute atomic E-state index is 12.8. The van der Waals surface area contributed by atoms with Gasteiger partial charge in [0, 0.05) is 19.3 Å². The van der Waals surface area contributed by atoms with E-state index in [1.807, 2.05) is 0 Å². The number of carbonyl (C=O) groups is 3. The highest BCUT2D eigenvalue weighted by Crippen LogP contribution is 2.19. The summed E-state index contributed by atoms with van der Waals surface area (Å²) in [5.41, 5.74) is 0. The number of esters is 3. The second-order valence-electron chi connectivity index (χ2n) is 23.5. The molecule has 0 aromatic heterocycles. The van der Waals surface area contributed by atoms with Gasteiger partial charge in [0.2, 0.25) is 0 Å². The lowest BCUT2D eigenvalue weighted by Crippen LogP contribution is -2.30. The molecule has 0 aromatic rings. The number of rotatable bonds is 64. The summed E-state index contributed by atoms with van der Waals surface area (Å²) in [6.45, 7) is 6.68. The molecule has 0 aliphatic heterocycles. The zero-order chi connectivity index (χ0) is 53.6. The summed E-state index contributed by atoms with van der Waals surface area (Å²) in [5, 5.41) is 0. The van der Waals surface area contributed by atoms with E-state index in [1.165, 1.54) is 302 Å². The van der Waals surface area contributed by atoms with Crippen LogP contribution in [0.5, 0.6) is 0 Å². The molecule has 0 radical (unpaired) electrons. The van der Waals surface area contributed by atoms with Gasteiger partial charge in [0.15, 0.2) is 6.10 Å². The fourth-order valence-corrected chi connectivity index (χ4v) is 10.7. The number of carbonyl (C=O) groups excluding carboxylic acids is 3. The van der Waals surface area contributed by atoms with Crippen molar-refractivity contribution in [1.29, 1.82) is 0 Å². The number of unbranched alkanes of at least 4 members (excludes halogenated alkanes) is 53. The van der Waals surface area contributed by atoms with Gasteiger partial charge in [-0.3, -0.25) is 14.4 Å². The zero-order valence-electron chi connectivity index (χ0n) is 50.7. The molecule has 0 aliphatic carbocycles. The number of hydrogen-bond acceptors (Lipinski definition) is 6. The van der Waals surface area contributed by atoms with Crippen LogP contribution in [0.15, 0.2) is 0 Å². The zero-order valence-corrected chi connectivity index (χ0v) is 50.7. The Kier molecular flexibility index (Phi) is 62.6. The molecule has 6 nitrogen and oxygen atoms in total. The number of ether oxygens (including phenoxy) is 3. The van der Waals surface area contributed by atoms with Gasteiger partial charge in [-0.25, -0.2) is 0 Å². The summed E-state index contributed by atoms with van der Waals surface area (Å²) in [4.78, 5) is 38.1. The third kappa shape index (κ3) is 61.3. The largest absolute Gasteiger partial charge is 0.462 e. The quantitative estimate of drug-likeness (QED) is 0.0343. The Labute approximate surface area is 463 Å². The van der Waals surface area contributed by atoms with E-state index in [9.17, 15) is 14.4 Å². The Balaban J connectivity index is 3.92. The van der Waals surface area contributed by atoms with Crippen molar-refractivity contribution in [3.05, 3.63) is 0 Å². The average Bonchev–Trinajstić information content (AvgIpc) is 3.40. The van der Waals surface area contributed by atoms with Crippen LogP contribution >= 0.6 is 0 Å². The molecule has 1 unspecified atom stereocenters. The van der Waals surface area contributed by atoms with Crippen molar-refractivity contribution < 1.29 is 28.6 Å². The molecule has 0 aliphatic rings. The van der Waals surface area contributed by atoms with Gasteiger partial charge in [0.05, 0.1) is 0 Å². The van der Waals surface area contributed by atoms with Gasteiger partial charge in [-0.05, 0) is 19.3 Å². The van der Waals surface area contributed by atoms with E-state index in [1.54, 1.807) is 0 Å². The van der Waals surface area contributed by atoms with E-state index in [2.05, 4.69) is 20.8 Å². The maximum atomic E-state index is 12.8. The Morgan fingerprint density at radius 1 is 0.216 bits per heavy atom. The summed E-state index contributed by atoms with van der Waals surface area (Å²) in [6.07, 6.45) is 74.6. The van der Waals surface area contributed by atoms with E-state index in [0.717, 1.165) is 57.8 Å². The minimum atomic E-state index is -0.761. The minimum Gasteiger partial charge on any atom is -0.462 e. The lowest BCUT2D eigenvalue weighted by Gasteiger charge is -2.18. The van der Waals surface area contributed by atoms with Crippen molar-refractivity contribution in [2.24, 2.45) is 0 Å². The molecular formula is C68H132O6. The van der Waals surface area contributed by atoms with E-state index in [4.69, 9.17) is 14.2 Å². The van der Waals surface area contributed by atoms with E-state index >= 15 is 0 Å². The summed E-state index contributed by atoms with van der Waals surface area (Å²) < 4.78 is 16.9.